The molecule has 5 heteroatoms. The Hall–Kier alpha value is -1.78. The first-order valence-corrected chi connectivity index (χ1v) is 4.74. The van der Waals surface area contributed by atoms with Gasteiger partial charge in [0.15, 0.2) is 5.75 Å². The van der Waals surface area contributed by atoms with Gasteiger partial charge in [0.05, 0.1) is 0 Å². The van der Waals surface area contributed by atoms with Gasteiger partial charge in [-0.25, -0.2) is 4.79 Å². The number of nitrogens with zero attached hydrogens (tertiary/aromatic N) is 1. The predicted octanol–water partition coefficient (Wildman–Crippen LogP) is 0.662. The van der Waals surface area contributed by atoms with Gasteiger partial charge in [-0.3, -0.25) is 4.79 Å². The normalized spacial score (nSPS) is 15.2. The lowest BCUT2D eigenvalue weighted by molar-refractivity contribution is 0.0693. The van der Waals surface area contributed by atoms with Crippen molar-refractivity contribution in [2.45, 2.75) is 19.4 Å². The molecule has 0 aromatic carbocycles. The van der Waals surface area contributed by atoms with Crippen molar-refractivity contribution in [2.24, 2.45) is 5.92 Å². The van der Waals surface area contributed by atoms with E-state index < -0.39 is 17.1 Å². The summed E-state index contributed by atoms with van der Waals surface area (Å²) in [6.07, 6.45) is 4.81. The minimum absolute atomic E-state index is 0.379. The lowest BCUT2D eigenvalue weighted by Crippen LogP contribution is -2.17. The molecule has 1 aliphatic rings. The van der Waals surface area contributed by atoms with E-state index in [1.54, 1.807) is 4.57 Å². The monoisotopic (exact) mass is 209 g/mol. The Bertz CT molecular complexity index is 459. The molecule has 0 atom stereocenters. The summed E-state index contributed by atoms with van der Waals surface area (Å²) in [4.78, 5) is 21.9. The number of hydrogen-bond acceptors (Lipinski definition) is 3. The Morgan fingerprint density at radius 1 is 1.47 bits per heavy atom. The molecule has 80 valence electrons. The average Bonchev–Trinajstić information content (AvgIpc) is 2.94. The highest BCUT2D eigenvalue weighted by molar-refractivity contribution is 5.87. The van der Waals surface area contributed by atoms with Crippen LogP contribution in [0.15, 0.2) is 17.2 Å². The van der Waals surface area contributed by atoms with Gasteiger partial charge in [0, 0.05) is 18.9 Å². The molecule has 1 heterocycles. The molecule has 0 radical (unpaired) electrons. The minimum Gasteiger partial charge on any atom is -0.503 e. The largest absolute Gasteiger partial charge is 0.503 e. The molecule has 15 heavy (non-hydrogen) atoms. The van der Waals surface area contributed by atoms with Crippen LogP contribution in [0.25, 0.3) is 0 Å². The van der Waals surface area contributed by atoms with Crippen molar-refractivity contribution >= 4 is 5.97 Å². The number of rotatable bonds is 3. The van der Waals surface area contributed by atoms with E-state index in [4.69, 9.17) is 5.11 Å². The van der Waals surface area contributed by atoms with Crippen LogP contribution < -0.4 is 5.43 Å². The van der Waals surface area contributed by atoms with Crippen LogP contribution in [-0.4, -0.2) is 20.7 Å². The van der Waals surface area contributed by atoms with Crippen LogP contribution in [0.3, 0.4) is 0 Å². The van der Waals surface area contributed by atoms with E-state index in [0.29, 0.717) is 12.5 Å². The molecule has 1 aliphatic carbocycles. The summed E-state index contributed by atoms with van der Waals surface area (Å²) in [5.41, 5.74) is -1.20. The van der Waals surface area contributed by atoms with Crippen LogP contribution in [0.4, 0.5) is 0 Å². The maximum absolute atomic E-state index is 11.2. The predicted molar refractivity (Wildman–Crippen MR) is 52.1 cm³/mol. The van der Waals surface area contributed by atoms with Crippen LogP contribution in [0, 0.1) is 5.92 Å². The Kier molecular flexibility index (Phi) is 2.22. The Labute approximate surface area is 85.6 Å². The number of aromatic carboxylic acids is 1. The zero-order chi connectivity index (χ0) is 11.0. The van der Waals surface area contributed by atoms with E-state index in [9.17, 15) is 14.7 Å². The van der Waals surface area contributed by atoms with Gasteiger partial charge in [0.1, 0.15) is 5.56 Å². The third-order valence-electron chi connectivity index (χ3n) is 2.46. The molecule has 0 bridgehead atoms. The van der Waals surface area contributed by atoms with Crippen LogP contribution in [0.2, 0.25) is 0 Å². The fraction of sp³-hybridized carbons (Fsp3) is 0.400. The minimum atomic E-state index is -1.31. The lowest BCUT2D eigenvalue weighted by atomic mass is 10.2. The van der Waals surface area contributed by atoms with Gasteiger partial charge >= 0.3 is 5.97 Å². The summed E-state index contributed by atoms with van der Waals surface area (Å²) in [5.74, 6) is -1.26. The van der Waals surface area contributed by atoms with Gasteiger partial charge in [-0.2, -0.15) is 0 Å². The first-order valence-electron chi connectivity index (χ1n) is 4.74. The number of aromatic hydroxyl groups is 1. The first-order chi connectivity index (χ1) is 7.08. The molecular formula is C10H11NO4. The molecule has 0 unspecified atom stereocenters. The molecule has 2 N–H and O–H groups in total. The van der Waals surface area contributed by atoms with E-state index in [2.05, 4.69) is 0 Å². The third-order valence-corrected chi connectivity index (χ3v) is 2.46. The molecule has 1 aromatic rings. The second-order valence-electron chi connectivity index (χ2n) is 3.83. The van der Waals surface area contributed by atoms with Crippen molar-refractivity contribution in [3.8, 4) is 5.75 Å². The molecular weight excluding hydrogens is 198 g/mol. The van der Waals surface area contributed by atoms with Crippen molar-refractivity contribution in [1.82, 2.24) is 4.57 Å². The van der Waals surface area contributed by atoms with E-state index >= 15 is 0 Å². The van der Waals surface area contributed by atoms with Crippen molar-refractivity contribution < 1.29 is 15.0 Å². The van der Waals surface area contributed by atoms with Crippen molar-refractivity contribution in [2.75, 3.05) is 0 Å². The fourth-order valence-electron chi connectivity index (χ4n) is 1.47. The average molecular weight is 209 g/mol. The topological polar surface area (TPSA) is 79.5 Å². The van der Waals surface area contributed by atoms with Gasteiger partial charge in [-0.1, -0.05) is 0 Å². The van der Waals surface area contributed by atoms with E-state index in [0.717, 1.165) is 12.8 Å². The fourth-order valence-corrected chi connectivity index (χ4v) is 1.47. The number of hydrogen-bond donors (Lipinski definition) is 2. The summed E-state index contributed by atoms with van der Waals surface area (Å²) in [7, 11) is 0. The maximum Gasteiger partial charge on any atom is 0.341 e. The Balaban J connectivity index is 2.40. The molecule has 0 saturated heterocycles. The van der Waals surface area contributed by atoms with Gasteiger partial charge in [-0.05, 0) is 18.8 Å². The summed E-state index contributed by atoms with van der Waals surface area (Å²) >= 11 is 0. The standard InChI is InChI=1S/C10H11NO4/c12-8-5-11(3-6-1-2-6)4-7(9(8)13)10(14)15/h4-6,12H,1-3H2,(H,14,15). The molecule has 1 aromatic heterocycles. The zero-order valence-corrected chi connectivity index (χ0v) is 8.01. The van der Waals surface area contributed by atoms with Gasteiger partial charge < -0.3 is 14.8 Å². The molecule has 5 nitrogen and oxygen atoms in total. The number of carboxylic acids is 1. The Morgan fingerprint density at radius 3 is 2.67 bits per heavy atom. The molecule has 0 spiro atoms. The summed E-state index contributed by atoms with van der Waals surface area (Å²) in [5, 5.41) is 18.0. The van der Waals surface area contributed by atoms with Crippen molar-refractivity contribution in [3.63, 3.8) is 0 Å². The maximum atomic E-state index is 11.2. The molecule has 0 aliphatic heterocycles. The Morgan fingerprint density at radius 2 is 2.13 bits per heavy atom. The van der Waals surface area contributed by atoms with Gasteiger partial charge in [-0.15, -0.1) is 0 Å². The van der Waals surface area contributed by atoms with Crippen LogP contribution in [0.1, 0.15) is 23.2 Å². The van der Waals surface area contributed by atoms with Crippen molar-refractivity contribution in [1.29, 1.82) is 0 Å². The van der Waals surface area contributed by atoms with Crippen LogP contribution in [-0.2, 0) is 6.54 Å². The van der Waals surface area contributed by atoms with Crippen molar-refractivity contribution in [3.05, 3.63) is 28.2 Å². The SMILES string of the molecule is O=C(O)c1cn(CC2CC2)cc(O)c1=O. The van der Waals surface area contributed by atoms with Crippen LogP contribution >= 0.6 is 0 Å². The third kappa shape index (κ3) is 2.01. The second-order valence-corrected chi connectivity index (χ2v) is 3.83. The number of carboxylic acid groups (broad SMARTS) is 1. The summed E-state index contributed by atoms with van der Waals surface area (Å²) < 4.78 is 1.57. The van der Waals surface area contributed by atoms with E-state index in [1.165, 1.54) is 12.4 Å². The number of pyridine rings is 1. The smallest absolute Gasteiger partial charge is 0.341 e. The summed E-state index contributed by atoms with van der Waals surface area (Å²) in [6, 6.07) is 0. The highest BCUT2D eigenvalue weighted by Gasteiger charge is 2.22. The second kappa shape index (κ2) is 3.42. The summed E-state index contributed by atoms with van der Waals surface area (Å²) in [6.45, 7) is 0.661. The molecule has 1 saturated carbocycles. The molecule has 2 rings (SSSR count). The highest BCUT2D eigenvalue weighted by Crippen LogP contribution is 2.30. The van der Waals surface area contributed by atoms with E-state index in [-0.39, 0.29) is 5.56 Å². The quantitative estimate of drug-likeness (QED) is 0.766. The van der Waals surface area contributed by atoms with Crippen LogP contribution in [0.5, 0.6) is 5.75 Å². The number of aromatic nitrogens is 1. The molecule has 0 amide bonds. The molecule has 1 fully saturated rings. The van der Waals surface area contributed by atoms with E-state index in [1.807, 2.05) is 0 Å². The highest BCUT2D eigenvalue weighted by atomic mass is 16.4. The number of carbonyl (C=O) groups is 1. The zero-order valence-electron chi connectivity index (χ0n) is 8.01. The van der Waals surface area contributed by atoms with Gasteiger partial charge in [0.2, 0.25) is 5.43 Å². The van der Waals surface area contributed by atoms with Gasteiger partial charge in [0.25, 0.3) is 0 Å². The first kappa shape index (κ1) is 9.76. The lowest BCUT2D eigenvalue weighted by Gasteiger charge is -2.06.